The van der Waals surface area contributed by atoms with Crippen molar-refractivity contribution < 1.29 is 18.9 Å². The van der Waals surface area contributed by atoms with Crippen molar-refractivity contribution in [2.24, 2.45) is 0 Å². The summed E-state index contributed by atoms with van der Waals surface area (Å²) in [5.41, 5.74) is 2.84. The number of nitrogens with zero attached hydrogens (tertiary/aromatic N) is 3. The maximum absolute atomic E-state index is 5.42. The van der Waals surface area contributed by atoms with Crippen LogP contribution in [0.25, 0.3) is 0 Å². The van der Waals surface area contributed by atoms with E-state index in [4.69, 9.17) is 18.9 Å². The van der Waals surface area contributed by atoms with E-state index >= 15 is 0 Å². The first-order chi connectivity index (χ1) is 15.7. The van der Waals surface area contributed by atoms with Gasteiger partial charge in [-0.2, -0.15) is 4.98 Å². The van der Waals surface area contributed by atoms with Crippen LogP contribution in [0.5, 0.6) is 17.2 Å². The van der Waals surface area contributed by atoms with Gasteiger partial charge < -0.3 is 34.5 Å². The molecule has 2 heterocycles. The van der Waals surface area contributed by atoms with Gasteiger partial charge >= 0.3 is 0 Å². The minimum Gasteiger partial charge on any atom is -0.493 e. The van der Waals surface area contributed by atoms with Crippen molar-refractivity contribution in [3.05, 3.63) is 48.7 Å². The highest BCUT2D eigenvalue weighted by atomic mass is 16.5. The number of nitrogens with one attached hydrogen (secondary N) is 2. The van der Waals surface area contributed by atoms with Gasteiger partial charge in [-0.05, 0) is 30.3 Å². The molecule has 1 aliphatic rings. The van der Waals surface area contributed by atoms with Crippen LogP contribution in [0.4, 0.5) is 28.8 Å². The lowest BCUT2D eigenvalue weighted by atomic mass is 10.2. The van der Waals surface area contributed by atoms with E-state index in [9.17, 15) is 0 Å². The van der Waals surface area contributed by atoms with Gasteiger partial charge in [0.15, 0.2) is 11.5 Å². The number of hydrogen-bond donors (Lipinski definition) is 2. The zero-order valence-corrected chi connectivity index (χ0v) is 18.4. The van der Waals surface area contributed by atoms with Gasteiger partial charge in [-0.25, -0.2) is 4.98 Å². The highest BCUT2D eigenvalue weighted by molar-refractivity contribution is 5.67. The average molecular weight is 438 g/mol. The van der Waals surface area contributed by atoms with E-state index in [1.54, 1.807) is 39.7 Å². The van der Waals surface area contributed by atoms with E-state index in [1.807, 2.05) is 18.2 Å². The van der Waals surface area contributed by atoms with Crippen molar-refractivity contribution in [3.63, 3.8) is 0 Å². The van der Waals surface area contributed by atoms with E-state index in [2.05, 4.69) is 37.6 Å². The summed E-state index contributed by atoms with van der Waals surface area (Å²) < 4.78 is 21.6. The van der Waals surface area contributed by atoms with E-state index < -0.39 is 0 Å². The molecule has 1 fully saturated rings. The van der Waals surface area contributed by atoms with Crippen molar-refractivity contribution in [1.82, 2.24) is 9.97 Å². The van der Waals surface area contributed by atoms with Crippen LogP contribution in [0, 0.1) is 0 Å². The first kappa shape index (κ1) is 21.5. The number of anilines is 5. The molecule has 0 bridgehead atoms. The Hall–Kier alpha value is -3.72. The third kappa shape index (κ3) is 4.94. The molecule has 1 aliphatic heterocycles. The summed E-state index contributed by atoms with van der Waals surface area (Å²) >= 11 is 0. The molecule has 1 saturated heterocycles. The molecule has 2 N–H and O–H groups in total. The number of aromatic nitrogens is 2. The maximum Gasteiger partial charge on any atom is 0.229 e. The molecule has 9 nitrogen and oxygen atoms in total. The van der Waals surface area contributed by atoms with Crippen LogP contribution in [0.1, 0.15) is 0 Å². The lowest BCUT2D eigenvalue weighted by Crippen LogP contribution is -2.36. The second-order valence-electron chi connectivity index (χ2n) is 7.08. The molecule has 0 saturated carbocycles. The Balaban J connectivity index is 1.47. The number of morpholine rings is 1. The molecule has 0 amide bonds. The molecule has 0 aliphatic carbocycles. The first-order valence-electron chi connectivity index (χ1n) is 10.3. The molecule has 4 rings (SSSR count). The van der Waals surface area contributed by atoms with Gasteiger partial charge in [0.05, 0.1) is 34.5 Å². The Morgan fingerprint density at radius 3 is 2.16 bits per heavy atom. The standard InChI is InChI=1S/C23H27N5O4/c1-29-19-14-17(15-20(30-2)22(19)31-3)26-23-24-9-8-21(27-23)25-16-4-6-18(7-5-16)28-10-12-32-13-11-28/h4-9,14-15H,10-13H2,1-3H3,(H2,24,25,26,27). The van der Waals surface area contributed by atoms with Crippen molar-refractivity contribution in [1.29, 1.82) is 0 Å². The minimum atomic E-state index is 0.439. The van der Waals surface area contributed by atoms with Crippen LogP contribution in [0.3, 0.4) is 0 Å². The van der Waals surface area contributed by atoms with Gasteiger partial charge in [0.2, 0.25) is 11.7 Å². The van der Waals surface area contributed by atoms with Gasteiger partial charge in [0, 0.05) is 48.5 Å². The second-order valence-corrected chi connectivity index (χ2v) is 7.08. The summed E-state index contributed by atoms with van der Waals surface area (Å²) in [5.74, 6) is 2.73. The van der Waals surface area contributed by atoms with Gasteiger partial charge in [0.1, 0.15) is 5.82 Å². The molecule has 32 heavy (non-hydrogen) atoms. The fraction of sp³-hybridized carbons (Fsp3) is 0.304. The van der Waals surface area contributed by atoms with Crippen molar-refractivity contribution in [2.75, 3.05) is 63.2 Å². The highest BCUT2D eigenvalue weighted by Crippen LogP contribution is 2.40. The van der Waals surface area contributed by atoms with Gasteiger partial charge in [-0.1, -0.05) is 0 Å². The summed E-state index contributed by atoms with van der Waals surface area (Å²) in [7, 11) is 4.72. The molecule has 3 aromatic rings. The number of benzene rings is 2. The summed E-state index contributed by atoms with van der Waals surface area (Å²) in [6, 6.07) is 13.7. The second kappa shape index (κ2) is 10.1. The smallest absolute Gasteiger partial charge is 0.229 e. The third-order valence-corrected chi connectivity index (χ3v) is 5.09. The zero-order valence-electron chi connectivity index (χ0n) is 18.4. The van der Waals surface area contributed by atoms with Gasteiger partial charge in [-0.15, -0.1) is 0 Å². The van der Waals surface area contributed by atoms with E-state index in [1.165, 1.54) is 5.69 Å². The van der Waals surface area contributed by atoms with Crippen LogP contribution in [-0.4, -0.2) is 57.6 Å². The number of rotatable bonds is 8. The molecule has 168 valence electrons. The van der Waals surface area contributed by atoms with Crippen molar-refractivity contribution in [2.45, 2.75) is 0 Å². The Bertz CT molecular complexity index is 1010. The normalized spacial score (nSPS) is 13.4. The molecule has 2 aromatic carbocycles. The quantitative estimate of drug-likeness (QED) is 0.546. The van der Waals surface area contributed by atoms with Gasteiger partial charge in [-0.3, -0.25) is 0 Å². The SMILES string of the molecule is COc1cc(Nc2nccc(Nc3ccc(N4CCOCC4)cc3)n2)cc(OC)c1OC. The highest BCUT2D eigenvalue weighted by Gasteiger charge is 2.14. The van der Waals surface area contributed by atoms with E-state index in [-0.39, 0.29) is 0 Å². The summed E-state index contributed by atoms with van der Waals surface area (Å²) in [4.78, 5) is 11.2. The van der Waals surface area contributed by atoms with E-state index in [0.717, 1.165) is 32.0 Å². The number of ether oxygens (including phenoxy) is 4. The lowest BCUT2D eigenvalue weighted by Gasteiger charge is -2.28. The summed E-state index contributed by atoms with van der Waals surface area (Å²) in [6.45, 7) is 3.36. The van der Waals surface area contributed by atoms with Crippen LogP contribution in [-0.2, 0) is 4.74 Å². The van der Waals surface area contributed by atoms with Crippen LogP contribution in [0.15, 0.2) is 48.7 Å². The van der Waals surface area contributed by atoms with Crippen LogP contribution >= 0.6 is 0 Å². The molecule has 0 unspecified atom stereocenters. The third-order valence-electron chi connectivity index (χ3n) is 5.09. The molecular formula is C23H27N5O4. The summed E-state index contributed by atoms with van der Waals surface area (Å²) in [5, 5.41) is 6.51. The first-order valence-corrected chi connectivity index (χ1v) is 10.3. The fourth-order valence-corrected chi connectivity index (χ4v) is 3.50. The van der Waals surface area contributed by atoms with Gasteiger partial charge in [0.25, 0.3) is 0 Å². The van der Waals surface area contributed by atoms with Crippen molar-refractivity contribution >= 4 is 28.8 Å². The van der Waals surface area contributed by atoms with E-state index in [0.29, 0.717) is 34.7 Å². The Morgan fingerprint density at radius 2 is 1.53 bits per heavy atom. The Labute approximate surface area is 187 Å². The fourth-order valence-electron chi connectivity index (χ4n) is 3.50. The molecular weight excluding hydrogens is 410 g/mol. The molecule has 9 heteroatoms. The largest absolute Gasteiger partial charge is 0.493 e. The molecule has 0 radical (unpaired) electrons. The van der Waals surface area contributed by atoms with Crippen molar-refractivity contribution in [3.8, 4) is 17.2 Å². The Morgan fingerprint density at radius 1 is 0.844 bits per heavy atom. The number of methoxy groups -OCH3 is 3. The molecule has 0 atom stereocenters. The molecule has 0 spiro atoms. The predicted octanol–water partition coefficient (Wildman–Crippen LogP) is 3.83. The number of hydrogen-bond acceptors (Lipinski definition) is 9. The zero-order chi connectivity index (χ0) is 22.3. The van der Waals surface area contributed by atoms with Crippen LogP contribution in [0.2, 0.25) is 0 Å². The van der Waals surface area contributed by atoms with Crippen LogP contribution < -0.4 is 29.7 Å². The summed E-state index contributed by atoms with van der Waals surface area (Å²) in [6.07, 6.45) is 1.69. The average Bonchev–Trinajstić information content (AvgIpc) is 2.84. The topological polar surface area (TPSA) is 90.0 Å². The Kier molecular flexibility index (Phi) is 6.76. The maximum atomic E-state index is 5.42. The minimum absolute atomic E-state index is 0.439. The lowest BCUT2D eigenvalue weighted by molar-refractivity contribution is 0.122. The monoisotopic (exact) mass is 437 g/mol. The predicted molar refractivity (Wildman–Crippen MR) is 124 cm³/mol. The molecule has 1 aromatic heterocycles.